The molecule has 7 nitrogen and oxygen atoms in total. The molecule has 0 saturated heterocycles. The average molecular weight is 472 g/mol. The predicted octanol–water partition coefficient (Wildman–Crippen LogP) is 5.67. The van der Waals surface area contributed by atoms with Crippen LogP contribution in [0.1, 0.15) is 77.4 Å². The molecular weight excluding hydrogens is 433 g/mol. The van der Waals surface area contributed by atoms with E-state index in [1.165, 1.54) is 38.4 Å². The molecule has 0 aliphatic heterocycles. The molecule has 182 valence electrons. The van der Waals surface area contributed by atoms with Crippen LogP contribution < -0.4 is 4.31 Å². The van der Waals surface area contributed by atoms with E-state index in [9.17, 15) is 17.6 Å². The highest BCUT2D eigenvalue weighted by Crippen LogP contribution is 2.31. The maximum Gasteiger partial charge on any atom is 0.341 e. The van der Waals surface area contributed by atoms with Crippen LogP contribution in [0.25, 0.3) is 11.3 Å². The summed E-state index contributed by atoms with van der Waals surface area (Å²) in [6.07, 6.45) is 1.02. The number of halogens is 1. The minimum Gasteiger partial charge on any atom is -0.465 e. The van der Waals surface area contributed by atoms with Crippen LogP contribution in [-0.4, -0.2) is 44.8 Å². The first-order valence-electron chi connectivity index (χ1n) is 10.8. The van der Waals surface area contributed by atoms with Crippen molar-refractivity contribution in [3.8, 4) is 11.3 Å². The normalized spacial score (nSPS) is 9.91. The quantitative estimate of drug-likeness (QED) is 0.522. The first-order valence-corrected chi connectivity index (χ1v) is 12.6. The lowest BCUT2D eigenvalue weighted by Gasteiger charge is -2.20. The monoisotopic (exact) mass is 471 g/mol. The van der Waals surface area contributed by atoms with E-state index in [4.69, 9.17) is 4.74 Å². The Kier molecular flexibility index (Phi) is 15.1. The molecule has 1 aromatic heterocycles. The van der Waals surface area contributed by atoms with Gasteiger partial charge in [0.25, 0.3) is 0 Å². The number of carbonyl (C=O) groups excluding carboxylic acids is 1. The molecule has 0 unspecified atom stereocenters. The molecule has 0 aliphatic carbocycles. The van der Waals surface area contributed by atoms with Gasteiger partial charge in [0.1, 0.15) is 11.4 Å². The summed E-state index contributed by atoms with van der Waals surface area (Å²) in [5.41, 5.74) is 1.09. The van der Waals surface area contributed by atoms with E-state index in [2.05, 4.69) is 9.97 Å². The van der Waals surface area contributed by atoms with Crippen LogP contribution in [0.15, 0.2) is 24.3 Å². The van der Waals surface area contributed by atoms with Crippen molar-refractivity contribution in [3.63, 3.8) is 0 Å². The molecule has 0 aliphatic rings. The van der Waals surface area contributed by atoms with Gasteiger partial charge in [-0.15, -0.1) is 0 Å². The summed E-state index contributed by atoms with van der Waals surface area (Å²) in [6, 6.07) is 5.37. The van der Waals surface area contributed by atoms with Crippen molar-refractivity contribution in [1.29, 1.82) is 0 Å². The van der Waals surface area contributed by atoms with Gasteiger partial charge in [-0.1, -0.05) is 55.4 Å². The molecule has 9 heteroatoms. The van der Waals surface area contributed by atoms with Crippen LogP contribution in [0.4, 0.5) is 10.3 Å². The van der Waals surface area contributed by atoms with E-state index in [0.29, 0.717) is 11.3 Å². The smallest absolute Gasteiger partial charge is 0.341 e. The molecule has 2 rings (SSSR count). The number of esters is 1. The standard InChI is InChI=1S/C17H20FN3O4S.3C2H6/c1-10(2)14-13(16(22)25-4)15(11-6-8-12(18)9-7-11)20-17(19-14)21(3)26(5,23)24;3*1-2/h6-10H,1-5H3;3*1-2H3. The Bertz CT molecular complexity index is 931. The zero-order valence-electron chi connectivity index (χ0n) is 21.1. The number of carbonyl (C=O) groups is 1. The fourth-order valence-corrected chi connectivity index (χ4v) is 2.67. The SMILES string of the molecule is CC.CC.CC.COC(=O)c1c(-c2ccc(F)cc2)nc(N(C)S(C)(=O)=O)nc1C(C)C. The first-order chi connectivity index (χ1) is 15.1. The van der Waals surface area contributed by atoms with Crippen LogP contribution in [0.5, 0.6) is 0 Å². The van der Waals surface area contributed by atoms with Gasteiger partial charge < -0.3 is 4.74 Å². The second kappa shape index (κ2) is 15.3. The van der Waals surface area contributed by atoms with Gasteiger partial charge >= 0.3 is 5.97 Å². The molecule has 0 spiro atoms. The average Bonchev–Trinajstić information content (AvgIpc) is 2.81. The Morgan fingerprint density at radius 3 is 1.84 bits per heavy atom. The topological polar surface area (TPSA) is 89.5 Å². The zero-order chi connectivity index (χ0) is 25.6. The zero-order valence-corrected chi connectivity index (χ0v) is 22.0. The van der Waals surface area contributed by atoms with Crippen molar-refractivity contribution in [2.24, 2.45) is 0 Å². The molecule has 0 amide bonds. The van der Waals surface area contributed by atoms with Gasteiger partial charge in [-0.3, -0.25) is 0 Å². The van der Waals surface area contributed by atoms with Gasteiger partial charge in [-0.25, -0.2) is 31.9 Å². The van der Waals surface area contributed by atoms with Crippen LogP contribution in [-0.2, 0) is 14.8 Å². The van der Waals surface area contributed by atoms with Gasteiger partial charge in [-0.2, -0.15) is 0 Å². The maximum atomic E-state index is 13.3. The van der Waals surface area contributed by atoms with E-state index in [1.807, 2.05) is 55.4 Å². The third kappa shape index (κ3) is 8.53. The molecule has 0 bridgehead atoms. The highest BCUT2D eigenvalue weighted by atomic mass is 32.2. The van der Waals surface area contributed by atoms with Crippen LogP contribution in [0.2, 0.25) is 0 Å². The number of aromatic nitrogens is 2. The molecule has 32 heavy (non-hydrogen) atoms. The minimum atomic E-state index is -3.61. The fraction of sp³-hybridized carbons (Fsp3) is 0.522. The second-order valence-corrected chi connectivity index (χ2v) is 8.03. The molecule has 1 heterocycles. The Hall–Kier alpha value is -2.55. The summed E-state index contributed by atoms with van der Waals surface area (Å²) < 4.78 is 42.8. The van der Waals surface area contributed by atoms with Crippen molar-refractivity contribution in [3.05, 3.63) is 41.3 Å². The maximum absolute atomic E-state index is 13.3. The predicted molar refractivity (Wildman–Crippen MR) is 130 cm³/mol. The largest absolute Gasteiger partial charge is 0.465 e. The number of hydrogen-bond donors (Lipinski definition) is 0. The van der Waals surface area contributed by atoms with Crippen molar-refractivity contribution < 1.29 is 22.3 Å². The molecule has 0 atom stereocenters. The second-order valence-electron chi connectivity index (χ2n) is 6.02. The number of benzene rings is 1. The number of rotatable bonds is 5. The lowest BCUT2D eigenvalue weighted by molar-refractivity contribution is 0.0599. The Morgan fingerprint density at radius 1 is 1.00 bits per heavy atom. The summed E-state index contributed by atoms with van der Waals surface area (Å²) in [5, 5.41) is 0. The Balaban J connectivity index is 0. The van der Waals surface area contributed by atoms with Gasteiger partial charge in [0.05, 0.1) is 24.8 Å². The Labute approximate surface area is 193 Å². The minimum absolute atomic E-state index is 0.0804. The number of nitrogens with zero attached hydrogens (tertiary/aromatic N) is 3. The summed E-state index contributed by atoms with van der Waals surface area (Å²) in [7, 11) is -1.06. The van der Waals surface area contributed by atoms with E-state index >= 15 is 0 Å². The number of anilines is 1. The van der Waals surface area contributed by atoms with Gasteiger partial charge in [0.2, 0.25) is 16.0 Å². The van der Waals surface area contributed by atoms with Crippen molar-refractivity contribution in [2.45, 2.75) is 61.3 Å². The molecule has 0 saturated carbocycles. The summed E-state index contributed by atoms with van der Waals surface area (Å²) in [5.74, 6) is -1.39. The highest BCUT2D eigenvalue weighted by molar-refractivity contribution is 7.92. The highest BCUT2D eigenvalue weighted by Gasteiger charge is 2.27. The van der Waals surface area contributed by atoms with E-state index in [0.717, 1.165) is 10.6 Å². The van der Waals surface area contributed by atoms with Gasteiger partial charge in [0.15, 0.2) is 0 Å². The number of methoxy groups -OCH3 is 1. The van der Waals surface area contributed by atoms with Crippen LogP contribution in [0.3, 0.4) is 0 Å². The molecular formula is C23H38FN3O4S. The van der Waals surface area contributed by atoms with Gasteiger partial charge in [-0.05, 0) is 30.2 Å². The van der Waals surface area contributed by atoms with Crippen molar-refractivity contribution in [2.75, 3.05) is 24.7 Å². The van der Waals surface area contributed by atoms with E-state index < -0.39 is 21.8 Å². The third-order valence-electron chi connectivity index (χ3n) is 3.76. The number of hydrogen-bond acceptors (Lipinski definition) is 6. The Morgan fingerprint density at radius 2 is 1.47 bits per heavy atom. The van der Waals surface area contributed by atoms with Crippen molar-refractivity contribution >= 4 is 21.9 Å². The summed E-state index contributed by atoms with van der Waals surface area (Å²) >= 11 is 0. The summed E-state index contributed by atoms with van der Waals surface area (Å²) in [4.78, 5) is 20.9. The lowest BCUT2D eigenvalue weighted by atomic mass is 9.98. The summed E-state index contributed by atoms with van der Waals surface area (Å²) in [6.45, 7) is 15.6. The van der Waals surface area contributed by atoms with Crippen LogP contribution >= 0.6 is 0 Å². The molecule has 2 aromatic rings. The van der Waals surface area contributed by atoms with E-state index in [-0.39, 0.29) is 23.1 Å². The fourth-order valence-electron chi connectivity index (χ4n) is 2.29. The van der Waals surface area contributed by atoms with Crippen molar-refractivity contribution in [1.82, 2.24) is 9.97 Å². The van der Waals surface area contributed by atoms with E-state index in [1.54, 1.807) is 0 Å². The number of sulfonamides is 1. The number of ether oxygens (including phenoxy) is 1. The van der Waals surface area contributed by atoms with Crippen LogP contribution in [0, 0.1) is 5.82 Å². The lowest BCUT2D eigenvalue weighted by Crippen LogP contribution is -2.28. The van der Waals surface area contributed by atoms with Gasteiger partial charge in [0, 0.05) is 12.6 Å². The molecule has 0 fully saturated rings. The molecule has 0 radical (unpaired) electrons. The molecule has 0 N–H and O–H groups in total. The molecule has 1 aromatic carbocycles. The third-order valence-corrected chi connectivity index (χ3v) is 4.92. The first kappa shape index (κ1) is 31.6.